The number of aromatic nitrogens is 2. The summed E-state index contributed by atoms with van der Waals surface area (Å²) in [4.78, 5) is 17.0. The van der Waals surface area contributed by atoms with E-state index in [9.17, 15) is 13.2 Å². The van der Waals surface area contributed by atoms with Gasteiger partial charge in [-0.3, -0.25) is 0 Å². The van der Waals surface area contributed by atoms with Crippen LogP contribution < -0.4 is 10.6 Å². The van der Waals surface area contributed by atoms with E-state index in [0.717, 1.165) is 25.7 Å². The molecule has 1 aromatic heterocycles. The number of hydrogen-bond donors (Lipinski definition) is 2. The minimum atomic E-state index is -3.57. The first-order valence-electron chi connectivity index (χ1n) is 10.8. The van der Waals surface area contributed by atoms with Crippen LogP contribution in [-0.4, -0.2) is 47.4 Å². The minimum absolute atomic E-state index is 0.147. The molecule has 0 bridgehead atoms. The Morgan fingerprint density at radius 2 is 1.87 bits per heavy atom. The lowest BCUT2D eigenvalue weighted by Gasteiger charge is -2.31. The van der Waals surface area contributed by atoms with Crippen LogP contribution in [0.4, 0.5) is 10.5 Å². The number of carbonyl (C=O) groups excluding carboxylic acids is 1. The van der Waals surface area contributed by atoms with E-state index in [1.54, 1.807) is 35.0 Å². The molecule has 170 valence electrons. The van der Waals surface area contributed by atoms with E-state index in [1.165, 1.54) is 6.07 Å². The lowest BCUT2D eigenvalue weighted by molar-refractivity contribution is 0.218. The number of amides is 2. The van der Waals surface area contributed by atoms with E-state index in [1.807, 2.05) is 10.8 Å². The Labute approximate surface area is 185 Å². The quantitative estimate of drug-likeness (QED) is 0.706. The Morgan fingerprint density at radius 1 is 1.16 bits per heavy atom. The van der Waals surface area contributed by atoms with Crippen molar-refractivity contribution in [3.63, 3.8) is 0 Å². The van der Waals surface area contributed by atoms with Crippen LogP contribution in [-0.2, 0) is 16.6 Å². The lowest BCUT2D eigenvalue weighted by Crippen LogP contribution is -2.47. The first kappa shape index (κ1) is 23.3. The SMILES string of the molecule is CC(C)(C)C(Cn1ccnc1)NC(=O)Nc1cccc(S(=O)(=O)N2CCCCCC2)c1. The molecular weight excluding hydrogens is 414 g/mol. The molecule has 2 amide bonds. The summed E-state index contributed by atoms with van der Waals surface area (Å²) in [6.45, 7) is 7.85. The molecule has 9 heteroatoms. The van der Waals surface area contributed by atoms with Gasteiger partial charge in [-0.05, 0) is 36.5 Å². The topological polar surface area (TPSA) is 96.3 Å². The Hall–Kier alpha value is -2.39. The normalized spacial score (nSPS) is 17.0. The average Bonchev–Trinajstić information content (AvgIpc) is 3.05. The van der Waals surface area contributed by atoms with Crippen LogP contribution in [0, 0.1) is 5.41 Å². The van der Waals surface area contributed by atoms with E-state index in [4.69, 9.17) is 0 Å². The maximum atomic E-state index is 13.1. The van der Waals surface area contributed by atoms with Gasteiger partial charge in [0, 0.05) is 37.7 Å². The van der Waals surface area contributed by atoms with Crippen LogP contribution in [0.25, 0.3) is 0 Å². The lowest BCUT2D eigenvalue weighted by atomic mass is 9.86. The second kappa shape index (κ2) is 9.82. The minimum Gasteiger partial charge on any atom is -0.335 e. The maximum absolute atomic E-state index is 13.1. The zero-order valence-electron chi connectivity index (χ0n) is 18.5. The van der Waals surface area contributed by atoms with Crippen molar-refractivity contribution in [3.8, 4) is 0 Å². The number of carbonyl (C=O) groups is 1. The van der Waals surface area contributed by atoms with Gasteiger partial charge in [0.15, 0.2) is 0 Å². The molecule has 3 rings (SSSR count). The van der Waals surface area contributed by atoms with Crippen molar-refractivity contribution in [1.82, 2.24) is 19.2 Å². The van der Waals surface area contributed by atoms with E-state index < -0.39 is 10.0 Å². The van der Waals surface area contributed by atoms with Crippen molar-refractivity contribution >= 4 is 21.7 Å². The Balaban J connectivity index is 1.70. The number of urea groups is 1. The molecule has 1 aliphatic rings. The van der Waals surface area contributed by atoms with Crippen LogP contribution in [0.15, 0.2) is 47.9 Å². The Bertz CT molecular complexity index is 959. The molecule has 1 fully saturated rings. The number of anilines is 1. The molecule has 2 aromatic rings. The molecule has 1 saturated heterocycles. The van der Waals surface area contributed by atoms with E-state index in [2.05, 4.69) is 36.4 Å². The van der Waals surface area contributed by atoms with Crippen molar-refractivity contribution < 1.29 is 13.2 Å². The molecule has 0 aliphatic carbocycles. The van der Waals surface area contributed by atoms with Gasteiger partial charge < -0.3 is 15.2 Å². The van der Waals surface area contributed by atoms with Gasteiger partial charge in [-0.1, -0.05) is 39.7 Å². The zero-order chi connectivity index (χ0) is 22.5. The molecule has 1 aliphatic heterocycles. The average molecular weight is 448 g/mol. The summed E-state index contributed by atoms with van der Waals surface area (Å²) in [6, 6.07) is 5.95. The Morgan fingerprint density at radius 3 is 2.48 bits per heavy atom. The number of imidazole rings is 1. The van der Waals surface area contributed by atoms with E-state index >= 15 is 0 Å². The monoisotopic (exact) mass is 447 g/mol. The zero-order valence-corrected chi connectivity index (χ0v) is 19.4. The van der Waals surface area contributed by atoms with Crippen LogP contribution in [0.2, 0.25) is 0 Å². The number of hydrogen-bond acceptors (Lipinski definition) is 4. The third-order valence-corrected chi connectivity index (χ3v) is 7.49. The third-order valence-electron chi connectivity index (χ3n) is 5.60. The Kier molecular flexibility index (Phi) is 7.38. The summed E-state index contributed by atoms with van der Waals surface area (Å²) in [5, 5.41) is 5.81. The highest BCUT2D eigenvalue weighted by atomic mass is 32.2. The molecule has 1 unspecified atom stereocenters. The number of rotatable bonds is 6. The molecular formula is C22H33N5O3S. The van der Waals surface area contributed by atoms with Gasteiger partial charge in [0.2, 0.25) is 10.0 Å². The number of sulfonamides is 1. The molecule has 2 heterocycles. The summed E-state index contributed by atoms with van der Waals surface area (Å²) in [7, 11) is -3.57. The van der Waals surface area contributed by atoms with Gasteiger partial charge >= 0.3 is 6.03 Å². The van der Waals surface area contributed by atoms with Gasteiger partial charge in [-0.15, -0.1) is 0 Å². The van der Waals surface area contributed by atoms with E-state index in [-0.39, 0.29) is 22.4 Å². The van der Waals surface area contributed by atoms with Gasteiger partial charge in [-0.2, -0.15) is 4.31 Å². The first-order chi connectivity index (χ1) is 14.7. The fourth-order valence-electron chi connectivity index (χ4n) is 3.63. The summed E-state index contributed by atoms with van der Waals surface area (Å²) in [5.41, 5.74) is 0.267. The molecule has 1 atom stereocenters. The predicted octanol–water partition coefficient (Wildman–Crippen LogP) is 3.68. The summed E-state index contributed by atoms with van der Waals surface area (Å²) in [5.74, 6) is 0. The molecule has 2 N–H and O–H groups in total. The van der Waals surface area contributed by atoms with Crippen molar-refractivity contribution in [1.29, 1.82) is 0 Å². The summed E-state index contributed by atoms with van der Waals surface area (Å²) in [6.07, 6.45) is 9.15. The van der Waals surface area contributed by atoms with Crippen LogP contribution >= 0.6 is 0 Å². The van der Waals surface area contributed by atoms with Crippen molar-refractivity contribution in [2.75, 3.05) is 18.4 Å². The van der Waals surface area contributed by atoms with Gasteiger partial charge in [0.25, 0.3) is 0 Å². The van der Waals surface area contributed by atoms with Crippen molar-refractivity contribution in [2.24, 2.45) is 5.41 Å². The number of nitrogens with one attached hydrogen (secondary N) is 2. The van der Waals surface area contributed by atoms with Crippen LogP contribution in [0.3, 0.4) is 0 Å². The van der Waals surface area contributed by atoms with E-state index in [0.29, 0.717) is 25.3 Å². The van der Waals surface area contributed by atoms with Gasteiger partial charge in [0.1, 0.15) is 0 Å². The van der Waals surface area contributed by atoms with Gasteiger partial charge in [0.05, 0.1) is 17.3 Å². The standard InChI is InChI=1S/C22H33N5O3S/c1-22(2,3)20(16-26-14-11-23-17-26)25-21(28)24-18-9-8-10-19(15-18)31(29,30)27-12-6-4-5-7-13-27/h8-11,14-15,17,20H,4-7,12-13,16H2,1-3H3,(H2,24,25,28). The highest BCUT2D eigenvalue weighted by molar-refractivity contribution is 7.89. The predicted molar refractivity (Wildman–Crippen MR) is 121 cm³/mol. The molecule has 0 saturated carbocycles. The molecule has 0 spiro atoms. The fraction of sp³-hybridized carbons (Fsp3) is 0.545. The van der Waals surface area contributed by atoms with Crippen LogP contribution in [0.5, 0.6) is 0 Å². The molecule has 0 radical (unpaired) electrons. The highest BCUT2D eigenvalue weighted by Crippen LogP contribution is 2.24. The highest BCUT2D eigenvalue weighted by Gasteiger charge is 2.28. The fourth-order valence-corrected chi connectivity index (χ4v) is 5.20. The second-order valence-electron chi connectivity index (χ2n) is 9.12. The summed E-state index contributed by atoms with van der Waals surface area (Å²) < 4.78 is 29.6. The van der Waals surface area contributed by atoms with Gasteiger partial charge in [-0.25, -0.2) is 18.2 Å². The number of nitrogens with zero attached hydrogens (tertiary/aromatic N) is 3. The van der Waals surface area contributed by atoms with Crippen LogP contribution in [0.1, 0.15) is 46.5 Å². The molecule has 1 aromatic carbocycles. The molecule has 31 heavy (non-hydrogen) atoms. The molecule has 8 nitrogen and oxygen atoms in total. The van der Waals surface area contributed by atoms with Crippen molar-refractivity contribution in [2.45, 2.75) is 63.9 Å². The third kappa shape index (κ3) is 6.30. The largest absolute Gasteiger partial charge is 0.335 e. The second-order valence-corrected chi connectivity index (χ2v) is 11.1. The summed E-state index contributed by atoms with van der Waals surface area (Å²) >= 11 is 0. The smallest absolute Gasteiger partial charge is 0.319 e. The first-order valence-corrected chi connectivity index (χ1v) is 12.2. The maximum Gasteiger partial charge on any atom is 0.319 e. The van der Waals surface area contributed by atoms with Crippen molar-refractivity contribution in [3.05, 3.63) is 43.0 Å². The number of benzene rings is 1.